The van der Waals surface area contributed by atoms with Gasteiger partial charge in [0.25, 0.3) is 0 Å². The zero-order valence-electron chi connectivity index (χ0n) is 9.39. The Morgan fingerprint density at radius 3 is 2.73 bits per heavy atom. The van der Waals surface area contributed by atoms with E-state index in [0.717, 1.165) is 13.1 Å². The van der Waals surface area contributed by atoms with Gasteiger partial charge in [0.15, 0.2) is 0 Å². The highest BCUT2D eigenvalue weighted by Gasteiger charge is 2.24. The molecule has 2 atom stereocenters. The van der Waals surface area contributed by atoms with Crippen molar-refractivity contribution < 1.29 is 0 Å². The minimum atomic E-state index is 0.339. The fraction of sp³-hybridized carbons (Fsp3) is 0.538. The quantitative estimate of drug-likeness (QED) is 0.814. The minimum absolute atomic E-state index is 0.339. The third-order valence-corrected chi connectivity index (χ3v) is 3.30. The molecule has 1 aromatic rings. The summed E-state index contributed by atoms with van der Waals surface area (Å²) < 4.78 is 0. The number of nitrogens with zero attached hydrogens (tertiary/aromatic N) is 1. The molecule has 1 saturated heterocycles. The van der Waals surface area contributed by atoms with E-state index >= 15 is 0 Å². The summed E-state index contributed by atoms with van der Waals surface area (Å²) in [4.78, 5) is 2.50. The molecule has 2 N–H and O–H groups in total. The number of rotatable bonds is 3. The first-order chi connectivity index (χ1) is 7.25. The maximum absolute atomic E-state index is 5.93. The molecule has 1 aromatic carbocycles. The van der Waals surface area contributed by atoms with Crippen LogP contribution in [-0.2, 0) is 6.54 Å². The summed E-state index contributed by atoms with van der Waals surface area (Å²) in [7, 11) is 0. The molecule has 1 aliphatic rings. The monoisotopic (exact) mass is 204 g/mol. The van der Waals surface area contributed by atoms with Crippen molar-refractivity contribution in [3.63, 3.8) is 0 Å². The molecule has 1 heterocycles. The highest BCUT2D eigenvalue weighted by Crippen LogP contribution is 2.20. The molecule has 0 aliphatic carbocycles. The van der Waals surface area contributed by atoms with E-state index in [1.54, 1.807) is 0 Å². The summed E-state index contributed by atoms with van der Waals surface area (Å²) in [5.74, 6) is 0.689. The Hall–Kier alpha value is -0.860. The molecule has 1 aliphatic heterocycles. The van der Waals surface area contributed by atoms with Crippen molar-refractivity contribution in [3.8, 4) is 0 Å². The maximum Gasteiger partial charge on any atom is 0.0233 e. The molecular formula is C13H20N2. The van der Waals surface area contributed by atoms with E-state index in [1.165, 1.54) is 18.5 Å². The second-order valence-electron chi connectivity index (χ2n) is 4.63. The lowest BCUT2D eigenvalue weighted by Gasteiger charge is -2.17. The SMILES string of the molecule is CC(N)[C@@H]1CCN(Cc2ccccc2)C1. The summed E-state index contributed by atoms with van der Waals surface area (Å²) in [6, 6.07) is 11.0. The fourth-order valence-corrected chi connectivity index (χ4v) is 2.28. The van der Waals surface area contributed by atoms with Gasteiger partial charge in [0.05, 0.1) is 0 Å². The van der Waals surface area contributed by atoms with Crippen LogP contribution in [0.1, 0.15) is 18.9 Å². The van der Waals surface area contributed by atoms with E-state index in [9.17, 15) is 0 Å². The van der Waals surface area contributed by atoms with Gasteiger partial charge in [0.1, 0.15) is 0 Å². The van der Waals surface area contributed by atoms with Gasteiger partial charge in [-0.05, 0) is 31.4 Å². The third-order valence-electron chi connectivity index (χ3n) is 3.30. The highest BCUT2D eigenvalue weighted by atomic mass is 15.1. The van der Waals surface area contributed by atoms with E-state index in [2.05, 4.69) is 42.2 Å². The summed E-state index contributed by atoms with van der Waals surface area (Å²) in [5, 5.41) is 0. The maximum atomic E-state index is 5.93. The average molecular weight is 204 g/mol. The van der Waals surface area contributed by atoms with Crippen molar-refractivity contribution in [2.45, 2.75) is 25.9 Å². The normalized spacial score (nSPS) is 24.3. The average Bonchev–Trinajstić information content (AvgIpc) is 2.68. The second kappa shape index (κ2) is 4.77. The lowest BCUT2D eigenvalue weighted by Crippen LogP contribution is -2.29. The van der Waals surface area contributed by atoms with Crippen LogP contribution in [0.5, 0.6) is 0 Å². The van der Waals surface area contributed by atoms with E-state index < -0.39 is 0 Å². The van der Waals surface area contributed by atoms with Gasteiger partial charge < -0.3 is 5.73 Å². The lowest BCUT2D eigenvalue weighted by molar-refractivity contribution is 0.308. The first kappa shape index (κ1) is 10.7. The van der Waals surface area contributed by atoms with Crippen LogP contribution in [0.4, 0.5) is 0 Å². The molecule has 0 bridgehead atoms. The molecule has 0 saturated carbocycles. The topological polar surface area (TPSA) is 29.3 Å². The Morgan fingerprint density at radius 1 is 1.40 bits per heavy atom. The fourth-order valence-electron chi connectivity index (χ4n) is 2.28. The van der Waals surface area contributed by atoms with Crippen LogP contribution >= 0.6 is 0 Å². The van der Waals surface area contributed by atoms with Crippen molar-refractivity contribution >= 4 is 0 Å². The van der Waals surface area contributed by atoms with Gasteiger partial charge in [0, 0.05) is 19.1 Å². The van der Waals surface area contributed by atoms with Crippen LogP contribution in [-0.4, -0.2) is 24.0 Å². The van der Waals surface area contributed by atoms with Gasteiger partial charge >= 0.3 is 0 Å². The number of hydrogen-bond acceptors (Lipinski definition) is 2. The third kappa shape index (κ3) is 2.80. The minimum Gasteiger partial charge on any atom is -0.328 e. The van der Waals surface area contributed by atoms with E-state index in [-0.39, 0.29) is 0 Å². The molecule has 0 aromatic heterocycles. The van der Waals surface area contributed by atoms with Crippen LogP contribution in [0.25, 0.3) is 0 Å². The van der Waals surface area contributed by atoms with Gasteiger partial charge in [-0.2, -0.15) is 0 Å². The summed E-state index contributed by atoms with van der Waals surface area (Å²) >= 11 is 0. The summed E-state index contributed by atoms with van der Waals surface area (Å²) in [6.07, 6.45) is 1.25. The van der Waals surface area contributed by atoms with Gasteiger partial charge in [-0.25, -0.2) is 0 Å². The first-order valence-electron chi connectivity index (χ1n) is 5.77. The van der Waals surface area contributed by atoms with Crippen molar-refractivity contribution in [2.24, 2.45) is 11.7 Å². The Labute approximate surface area is 92.1 Å². The molecule has 2 heteroatoms. The van der Waals surface area contributed by atoms with Crippen LogP contribution in [0.15, 0.2) is 30.3 Å². The van der Waals surface area contributed by atoms with Gasteiger partial charge in [0.2, 0.25) is 0 Å². The van der Waals surface area contributed by atoms with E-state index in [4.69, 9.17) is 5.73 Å². The largest absolute Gasteiger partial charge is 0.328 e. The van der Waals surface area contributed by atoms with Crippen molar-refractivity contribution in [2.75, 3.05) is 13.1 Å². The van der Waals surface area contributed by atoms with Crippen molar-refractivity contribution in [1.29, 1.82) is 0 Å². The Bertz CT molecular complexity index is 295. The molecule has 0 spiro atoms. The predicted octanol–water partition coefficient (Wildman–Crippen LogP) is 1.86. The molecule has 1 fully saturated rings. The highest BCUT2D eigenvalue weighted by molar-refractivity contribution is 5.14. The number of hydrogen-bond donors (Lipinski definition) is 1. The standard InChI is InChI=1S/C13H20N2/c1-11(14)13-7-8-15(10-13)9-12-5-3-2-4-6-12/h2-6,11,13H,7-10,14H2,1H3/t11?,13-/m1/s1. The zero-order valence-corrected chi connectivity index (χ0v) is 9.39. The van der Waals surface area contributed by atoms with Crippen LogP contribution in [0, 0.1) is 5.92 Å². The molecule has 2 nitrogen and oxygen atoms in total. The first-order valence-corrected chi connectivity index (χ1v) is 5.77. The van der Waals surface area contributed by atoms with Crippen LogP contribution in [0.2, 0.25) is 0 Å². The smallest absolute Gasteiger partial charge is 0.0233 e. The molecule has 82 valence electrons. The molecule has 2 rings (SSSR count). The predicted molar refractivity (Wildman–Crippen MR) is 63.5 cm³/mol. The van der Waals surface area contributed by atoms with Crippen LogP contribution < -0.4 is 5.73 Å². The van der Waals surface area contributed by atoms with Crippen molar-refractivity contribution in [1.82, 2.24) is 4.90 Å². The Balaban J connectivity index is 1.88. The summed E-state index contributed by atoms with van der Waals surface area (Å²) in [6.45, 7) is 5.55. The number of nitrogens with two attached hydrogens (primary N) is 1. The second-order valence-corrected chi connectivity index (χ2v) is 4.63. The van der Waals surface area contributed by atoms with Gasteiger partial charge in [-0.1, -0.05) is 30.3 Å². The van der Waals surface area contributed by atoms with E-state index in [1.807, 2.05) is 0 Å². The van der Waals surface area contributed by atoms with Gasteiger partial charge in [-0.3, -0.25) is 4.90 Å². The Kier molecular flexibility index (Phi) is 3.39. The molecular weight excluding hydrogens is 184 g/mol. The van der Waals surface area contributed by atoms with Crippen LogP contribution in [0.3, 0.4) is 0 Å². The van der Waals surface area contributed by atoms with Gasteiger partial charge in [-0.15, -0.1) is 0 Å². The van der Waals surface area contributed by atoms with Crippen molar-refractivity contribution in [3.05, 3.63) is 35.9 Å². The van der Waals surface area contributed by atoms with E-state index in [0.29, 0.717) is 12.0 Å². The number of benzene rings is 1. The zero-order chi connectivity index (χ0) is 10.7. The Morgan fingerprint density at radius 2 is 2.13 bits per heavy atom. The molecule has 0 radical (unpaired) electrons. The lowest BCUT2D eigenvalue weighted by atomic mass is 10.0. The molecule has 0 amide bonds. The molecule has 15 heavy (non-hydrogen) atoms. The molecule has 1 unspecified atom stereocenters. The number of likely N-dealkylation sites (tertiary alicyclic amines) is 1. The summed E-state index contributed by atoms with van der Waals surface area (Å²) in [5.41, 5.74) is 7.33.